The number of nitrogens with zero attached hydrogens (tertiary/aromatic N) is 2. The molecule has 2 amide bonds. The molecular formula is C29H26F3N3O5S. The molecule has 0 saturated heterocycles. The summed E-state index contributed by atoms with van der Waals surface area (Å²) in [7, 11) is 2.94. The predicted molar refractivity (Wildman–Crippen MR) is 147 cm³/mol. The molecule has 4 aromatic rings. The van der Waals surface area contributed by atoms with Crippen LogP contribution >= 0.6 is 11.3 Å². The van der Waals surface area contributed by atoms with Crippen LogP contribution < -0.4 is 24.3 Å². The molecule has 0 bridgehead atoms. The second-order valence-electron chi connectivity index (χ2n) is 8.59. The SMILES string of the molecule is COc1ccc(C(=O)N=c2scc(-c3ccc(OC(F)(F)F)cc3)n2CCCNC(=O)c2ccccc2)c(OC)c1. The minimum atomic E-state index is -4.80. The topological polar surface area (TPSA) is 91.1 Å². The summed E-state index contributed by atoms with van der Waals surface area (Å²) in [5, 5.41) is 4.63. The lowest BCUT2D eigenvalue weighted by Crippen LogP contribution is -2.26. The molecule has 0 radical (unpaired) electrons. The smallest absolute Gasteiger partial charge is 0.497 e. The van der Waals surface area contributed by atoms with Gasteiger partial charge >= 0.3 is 6.36 Å². The summed E-state index contributed by atoms with van der Waals surface area (Å²) in [6.07, 6.45) is -4.31. The van der Waals surface area contributed by atoms with Crippen LogP contribution in [0.1, 0.15) is 27.1 Å². The van der Waals surface area contributed by atoms with E-state index in [0.717, 1.165) is 0 Å². The van der Waals surface area contributed by atoms with Crippen LogP contribution in [-0.2, 0) is 6.54 Å². The van der Waals surface area contributed by atoms with Crippen LogP contribution in [-0.4, -0.2) is 43.5 Å². The molecule has 8 nitrogen and oxygen atoms in total. The van der Waals surface area contributed by atoms with Crippen LogP contribution in [0.15, 0.2) is 83.2 Å². The lowest BCUT2D eigenvalue weighted by molar-refractivity contribution is -0.274. The average molecular weight is 586 g/mol. The van der Waals surface area contributed by atoms with Gasteiger partial charge in [-0.25, -0.2) is 0 Å². The first-order chi connectivity index (χ1) is 19.7. The van der Waals surface area contributed by atoms with Crippen LogP contribution in [0.5, 0.6) is 17.2 Å². The van der Waals surface area contributed by atoms with Gasteiger partial charge in [-0.2, -0.15) is 4.99 Å². The quantitative estimate of drug-likeness (QED) is 0.242. The summed E-state index contributed by atoms with van der Waals surface area (Å²) >= 11 is 1.20. The maximum atomic E-state index is 13.2. The van der Waals surface area contributed by atoms with Crippen LogP contribution in [0.2, 0.25) is 0 Å². The highest BCUT2D eigenvalue weighted by molar-refractivity contribution is 7.07. The Labute approximate surface area is 237 Å². The van der Waals surface area contributed by atoms with E-state index in [1.165, 1.54) is 49.8 Å². The molecule has 0 atom stereocenters. The third-order valence-electron chi connectivity index (χ3n) is 5.90. The number of rotatable bonds is 10. The molecule has 214 valence electrons. The normalized spacial score (nSPS) is 11.7. The number of benzene rings is 3. The lowest BCUT2D eigenvalue weighted by atomic mass is 10.1. The van der Waals surface area contributed by atoms with Crippen LogP contribution in [0.25, 0.3) is 11.3 Å². The molecule has 4 rings (SSSR count). The van der Waals surface area contributed by atoms with Crippen LogP contribution in [0, 0.1) is 0 Å². The van der Waals surface area contributed by atoms with Gasteiger partial charge in [0, 0.05) is 30.1 Å². The van der Waals surface area contributed by atoms with Crippen molar-refractivity contribution in [3.05, 3.63) is 94.1 Å². The summed E-state index contributed by atoms with van der Waals surface area (Å²) in [5.41, 5.74) is 2.00. The fourth-order valence-electron chi connectivity index (χ4n) is 3.95. The molecule has 12 heteroatoms. The van der Waals surface area contributed by atoms with Gasteiger partial charge in [-0.3, -0.25) is 9.59 Å². The third kappa shape index (κ3) is 7.76. The first kappa shape index (κ1) is 29.4. The van der Waals surface area contributed by atoms with Gasteiger partial charge in [0.05, 0.1) is 25.5 Å². The van der Waals surface area contributed by atoms with E-state index >= 15 is 0 Å². The Hall–Kier alpha value is -4.58. The predicted octanol–water partition coefficient (Wildman–Crippen LogP) is 5.69. The van der Waals surface area contributed by atoms with Gasteiger partial charge in [0.2, 0.25) is 0 Å². The Bertz CT molecular complexity index is 1570. The molecule has 0 unspecified atom stereocenters. The van der Waals surface area contributed by atoms with Gasteiger partial charge in [-0.1, -0.05) is 18.2 Å². The van der Waals surface area contributed by atoms with Crippen molar-refractivity contribution in [2.45, 2.75) is 19.3 Å². The molecule has 0 aliphatic carbocycles. The zero-order chi connectivity index (χ0) is 29.4. The molecular weight excluding hydrogens is 559 g/mol. The Kier molecular flexibility index (Phi) is 9.45. The minimum Gasteiger partial charge on any atom is -0.497 e. The summed E-state index contributed by atoms with van der Waals surface area (Å²) in [6, 6.07) is 19.0. The summed E-state index contributed by atoms with van der Waals surface area (Å²) in [5.74, 6) is -0.294. The molecule has 0 saturated carbocycles. The van der Waals surface area contributed by atoms with Crippen molar-refractivity contribution in [2.24, 2.45) is 4.99 Å². The Morgan fingerprint density at radius 3 is 2.32 bits per heavy atom. The highest BCUT2D eigenvalue weighted by Crippen LogP contribution is 2.28. The lowest BCUT2D eigenvalue weighted by Gasteiger charge is -2.12. The third-order valence-corrected chi connectivity index (χ3v) is 6.76. The van der Waals surface area contributed by atoms with Crippen molar-refractivity contribution in [1.29, 1.82) is 0 Å². The van der Waals surface area contributed by atoms with Gasteiger partial charge in [0.15, 0.2) is 4.80 Å². The monoisotopic (exact) mass is 585 g/mol. The maximum Gasteiger partial charge on any atom is 0.573 e. The number of nitrogens with one attached hydrogen (secondary N) is 1. The number of amides is 2. The summed E-state index contributed by atoms with van der Waals surface area (Å²) in [4.78, 5) is 30.3. The first-order valence-electron chi connectivity index (χ1n) is 12.4. The van der Waals surface area contributed by atoms with E-state index in [1.54, 1.807) is 52.4 Å². The zero-order valence-electron chi connectivity index (χ0n) is 22.1. The number of alkyl halides is 3. The van der Waals surface area contributed by atoms with Gasteiger partial charge in [-0.05, 0) is 60.5 Å². The number of ether oxygens (including phenoxy) is 3. The minimum absolute atomic E-state index is 0.215. The fraction of sp³-hybridized carbons (Fsp3) is 0.207. The number of carbonyl (C=O) groups excluding carboxylic acids is 2. The molecule has 1 aromatic heterocycles. The van der Waals surface area contributed by atoms with E-state index in [0.29, 0.717) is 52.6 Å². The Morgan fingerprint density at radius 1 is 0.951 bits per heavy atom. The number of hydrogen-bond donors (Lipinski definition) is 1. The van der Waals surface area contributed by atoms with Crippen molar-refractivity contribution in [3.63, 3.8) is 0 Å². The van der Waals surface area contributed by atoms with Crippen molar-refractivity contribution >= 4 is 23.2 Å². The van der Waals surface area contributed by atoms with E-state index in [4.69, 9.17) is 9.47 Å². The Balaban J connectivity index is 1.61. The summed E-state index contributed by atoms with van der Waals surface area (Å²) < 4.78 is 54.1. The van der Waals surface area contributed by atoms with Gasteiger partial charge < -0.3 is 24.1 Å². The van der Waals surface area contributed by atoms with Gasteiger partial charge in [0.25, 0.3) is 11.8 Å². The molecule has 41 heavy (non-hydrogen) atoms. The molecule has 3 aromatic carbocycles. The first-order valence-corrected chi connectivity index (χ1v) is 13.3. The number of halogens is 3. The van der Waals surface area contributed by atoms with Crippen LogP contribution in [0.3, 0.4) is 0 Å². The number of aromatic nitrogens is 1. The van der Waals surface area contributed by atoms with E-state index in [-0.39, 0.29) is 17.2 Å². The largest absolute Gasteiger partial charge is 0.573 e. The van der Waals surface area contributed by atoms with Crippen molar-refractivity contribution in [2.75, 3.05) is 20.8 Å². The number of hydrogen-bond acceptors (Lipinski definition) is 6. The van der Waals surface area contributed by atoms with Crippen molar-refractivity contribution in [3.8, 4) is 28.5 Å². The van der Waals surface area contributed by atoms with Crippen molar-refractivity contribution < 1.29 is 37.0 Å². The van der Waals surface area contributed by atoms with Crippen LogP contribution in [0.4, 0.5) is 13.2 Å². The van der Waals surface area contributed by atoms with E-state index in [1.807, 2.05) is 6.07 Å². The molecule has 0 aliphatic rings. The second kappa shape index (κ2) is 13.2. The van der Waals surface area contributed by atoms with E-state index < -0.39 is 12.3 Å². The Morgan fingerprint density at radius 2 is 1.66 bits per heavy atom. The molecule has 0 fully saturated rings. The summed E-state index contributed by atoms with van der Waals surface area (Å²) in [6.45, 7) is 0.703. The molecule has 1 heterocycles. The number of thiazole rings is 1. The standard InChI is InChI=1S/C29H26F3N3O5S/c1-38-22-13-14-23(25(17-22)39-2)27(37)34-28-35(16-6-15-33-26(36)20-7-4-3-5-8-20)24(18-41-28)19-9-11-21(12-10-19)40-29(30,31)32/h3-5,7-14,17-18H,6,15-16H2,1-2H3,(H,33,36). The van der Waals surface area contributed by atoms with E-state index in [9.17, 15) is 22.8 Å². The van der Waals surface area contributed by atoms with Gasteiger partial charge in [-0.15, -0.1) is 24.5 Å². The van der Waals surface area contributed by atoms with E-state index in [2.05, 4.69) is 15.0 Å². The fourth-order valence-corrected chi connectivity index (χ4v) is 4.88. The average Bonchev–Trinajstić information content (AvgIpc) is 3.36. The number of methoxy groups -OCH3 is 2. The highest BCUT2D eigenvalue weighted by Gasteiger charge is 2.31. The van der Waals surface area contributed by atoms with Crippen molar-refractivity contribution in [1.82, 2.24) is 9.88 Å². The van der Waals surface area contributed by atoms with Gasteiger partial charge in [0.1, 0.15) is 17.2 Å². The maximum absolute atomic E-state index is 13.2. The molecule has 0 aliphatic heterocycles. The zero-order valence-corrected chi connectivity index (χ0v) is 22.9. The molecule has 0 spiro atoms. The second-order valence-corrected chi connectivity index (χ2v) is 9.42. The molecule has 1 N–H and O–H groups in total. The highest BCUT2D eigenvalue weighted by atomic mass is 32.1. The number of carbonyl (C=O) groups is 2.